The minimum atomic E-state index is -0.0880. The standard InChI is InChI=1S/C48H58N4O/c1-29(2)21-34-19-20-49-44(24-34)51-42-16-14-13-15-40(42)41-18-17-38(28-43(41)51)53-39-26-36(48(10,11)12)25-37(27-39)52-33(6)46(32(5)50-52)45-30(3)22-35(23-31(45)4)47(7,8)9/h13-20,22,24-29,31,35,45H,21,23H2,1-12H3/t31-,35-,45-/m0/s1. The Morgan fingerprint density at radius 3 is 2.26 bits per heavy atom. The highest BCUT2D eigenvalue weighted by molar-refractivity contribution is 6.09. The molecule has 5 heteroatoms. The Bertz CT molecular complexity index is 2340. The number of nitrogens with zero attached hydrogens (tertiary/aromatic N) is 4. The van der Waals surface area contributed by atoms with Crippen molar-refractivity contribution in [2.75, 3.05) is 0 Å². The first-order valence-corrected chi connectivity index (χ1v) is 19.6. The van der Waals surface area contributed by atoms with Crippen LogP contribution in [0.15, 0.2) is 90.6 Å². The fourth-order valence-electron chi connectivity index (χ4n) is 8.72. The molecule has 0 radical (unpaired) electrons. The van der Waals surface area contributed by atoms with Gasteiger partial charge in [0.15, 0.2) is 0 Å². The van der Waals surface area contributed by atoms with Crippen molar-refractivity contribution >= 4 is 21.8 Å². The van der Waals surface area contributed by atoms with E-state index in [0.717, 1.165) is 46.2 Å². The van der Waals surface area contributed by atoms with Crippen molar-refractivity contribution < 1.29 is 4.74 Å². The van der Waals surface area contributed by atoms with Crippen LogP contribution in [-0.2, 0) is 11.8 Å². The predicted octanol–water partition coefficient (Wildman–Crippen LogP) is 13.0. The molecule has 0 spiro atoms. The number of allylic oxidation sites excluding steroid dienone is 2. The van der Waals surface area contributed by atoms with Crippen molar-refractivity contribution in [3.8, 4) is 23.0 Å². The predicted molar refractivity (Wildman–Crippen MR) is 222 cm³/mol. The second-order valence-electron chi connectivity index (χ2n) is 18.3. The molecule has 0 saturated heterocycles. The third-order valence-electron chi connectivity index (χ3n) is 11.5. The van der Waals surface area contributed by atoms with Crippen LogP contribution in [-0.4, -0.2) is 19.3 Å². The molecule has 3 aromatic carbocycles. The number of ether oxygens (including phenoxy) is 1. The van der Waals surface area contributed by atoms with Gasteiger partial charge in [0, 0.05) is 46.3 Å². The summed E-state index contributed by atoms with van der Waals surface area (Å²) in [5, 5.41) is 7.60. The number of aromatic nitrogens is 4. The summed E-state index contributed by atoms with van der Waals surface area (Å²) in [4.78, 5) is 4.87. The van der Waals surface area contributed by atoms with E-state index in [0.29, 0.717) is 23.7 Å². The Kier molecular flexibility index (Phi) is 9.45. The van der Waals surface area contributed by atoms with Crippen molar-refractivity contribution in [3.05, 3.63) is 119 Å². The van der Waals surface area contributed by atoms with Crippen molar-refractivity contribution in [1.29, 1.82) is 0 Å². The molecule has 0 bridgehead atoms. The summed E-state index contributed by atoms with van der Waals surface area (Å²) in [6.45, 7) is 27.6. The molecule has 0 aliphatic heterocycles. The van der Waals surface area contributed by atoms with Crippen molar-refractivity contribution in [2.24, 2.45) is 23.2 Å². The zero-order valence-corrected chi connectivity index (χ0v) is 34.0. The summed E-state index contributed by atoms with van der Waals surface area (Å²) in [6.07, 6.45) is 6.68. The molecule has 7 rings (SSSR count). The number of fused-ring (bicyclic) bond motifs is 3. The van der Waals surface area contributed by atoms with Gasteiger partial charge in [0.1, 0.15) is 17.3 Å². The van der Waals surface area contributed by atoms with Crippen LogP contribution in [0, 0.1) is 37.0 Å². The number of hydrogen-bond acceptors (Lipinski definition) is 3. The lowest BCUT2D eigenvalue weighted by molar-refractivity contribution is 0.224. The van der Waals surface area contributed by atoms with Gasteiger partial charge in [0.25, 0.3) is 0 Å². The number of hydrogen-bond donors (Lipinski definition) is 0. The average Bonchev–Trinajstić information content (AvgIpc) is 3.56. The van der Waals surface area contributed by atoms with E-state index in [4.69, 9.17) is 14.8 Å². The molecule has 0 saturated carbocycles. The molecule has 1 aliphatic carbocycles. The fourth-order valence-corrected chi connectivity index (χ4v) is 8.72. The maximum absolute atomic E-state index is 6.83. The van der Waals surface area contributed by atoms with Crippen LogP contribution in [0.4, 0.5) is 0 Å². The third kappa shape index (κ3) is 7.07. The number of benzene rings is 3. The largest absolute Gasteiger partial charge is 0.457 e. The van der Waals surface area contributed by atoms with Gasteiger partial charge in [0.05, 0.1) is 22.4 Å². The highest BCUT2D eigenvalue weighted by atomic mass is 16.5. The van der Waals surface area contributed by atoms with Crippen LogP contribution in [0.1, 0.15) is 110 Å². The van der Waals surface area contributed by atoms with E-state index in [1.54, 1.807) is 0 Å². The zero-order valence-electron chi connectivity index (χ0n) is 34.0. The molecule has 3 atom stereocenters. The highest BCUT2D eigenvalue weighted by Gasteiger charge is 2.36. The first-order chi connectivity index (χ1) is 25.0. The monoisotopic (exact) mass is 706 g/mol. The third-order valence-corrected chi connectivity index (χ3v) is 11.5. The van der Waals surface area contributed by atoms with E-state index in [1.165, 1.54) is 45.2 Å². The molecule has 0 amide bonds. The molecular formula is C48H58N4O. The zero-order chi connectivity index (χ0) is 38.0. The van der Waals surface area contributed by atoms with E-state index in [-0.39, 0.29) is 10.8 Å². The van der Waals surface area contributed by atoms with E-state index in [1.807, 2.05) is 6.20 Å². The van der Waals surface area contributed by atoms with E-state index in [9.17, 15) is 0 Å². The topological polar surface area (TPSA) is 44.9 Å². The van der Waals surface area contributed by atoms with Gasteiger partial charge < -0.3 is 4.74 Å². The maximum Gasteiger partial charge on any atom is 0.137 e. The lowest BCUT2D eigenvalue weighted by atomic mass is 9.65. The molecule has 1 aliphatic rings. The van der Waals surface area contributed by atoms with Crippen LogP contribution in [0.25, 0.3) is 33.3 Å². The Balaban J connectivity index is 1.31. The Labute approximate surface area is 317 Å². The van der Waals surface area contributed by atoms with Gasteiger partial charge >= 0.3 is 0 Å². The number of pyridine rings is 1. The van der Waals surface area contributed by atoms with Gasteiger partial charge in [-0.2, -0.15) is 5.10 Å². The minimum absolute atomic E-state index is 0.0880. The first kappa shape index (κ1) is 36.7. The summed E-state index contributed by atoms with van der Waals surface area (Å²) in [6, 6.07) is 26.0. The average molecular weight is 707 g/mol. The summed E-state index contributed by atoms with van der Waals surface area (Å²) < 4.78 is 11.3. The summed E-state index contributed by atoms with van der Waals surface area (Å²) in [7, 11) is 0. The molecule has 6 aromatic rings. The van der Waals surface area contributed by atoms with Crippen LogP contribution in [0.2, 0.25) is 0 Å². The van der Waals surface area contributed by atoms with Gasteiger partial charge in [-0.15, -0.1) is 0 Å². The lowest BCUT2D eigenvalue weighted by Crippen LogP contribution is -2.28. The normalized spacial score (nSPS) is 18.3. The summed E-state index contributed by atoms with van der Waals surface area (Å²) in [5.41, 5.74) is 11.1. The fraction of sp³-hybridized carbons (Fsp3) is 0.417. The summed E-state index contributed by atoms with van der Waals surface area (Å²) >= 11 is 0. The van der Waals surface area contributed by atoms with E-state index < -0.39 is 0 Å². The highest BCUT2D eigenvalue weighted by Crippen LogP contribution is 2.47. The van der Waals surface area contributed by atoms with Crippen molar-refractivity contribution in [3.63, 3.8) is 0 Å². The van der Waals surface area contributed by atoms with E-state index >= 15 is 0 Å². The Hall–Kier alpha value is -4.64. The second kappa shape index (κ2) is 13.6. The quantitative estimate of drug-likeness (QED) is 0.155. The number of para-hydroxylation sites is 1. The molecular weight excluding hydrogens is 649 g/mol. The van der Waals surface area contributed by atoms with Crippen LogP contribution in [0.3, 0.4) is 0 Å². The molecule has 0 unspecified atom stereocenters. The minimum Gasteiger partial charge on any atom is -0.457 e. The molecule has 3 heterocycles. The van der Waals surface area contributed by atoms with Gasteiger partial charge in [-0.3, -0.25) is 4.57 Å². The van der Waals surface area contributed by atoms with Crippen LogP contribution < -0.4 is 4.74 Å². The number of aryl methyl sites for hydroxylation is 1. The van der Waals surface area contributed by atoms with Crippen molar-refractivity contribution in [2.45, 2.75) is 107 Å². The lowest BCUT2D eigenvalue weighted by Gasteiger charge is -2.39. The number of rotatable bonds is 7. The second-order valence-corrected chi connectivity index (χ2v) is 18.3. The molecule has 53 heavy (non-hydrogen) atoms. The molecule has 0 fully saturated rings. The van der Waals surface area contributed by atoms with Crippen molar-refractivity contribution in [1.82, 2.24) is 19.3 Å². The molecule has 276 valence electrons. The Morgan fingerprint density at radius 2 is 1.57 bits per heavy atom. The molecule has 0 N–H and O–H groups in total. The summed E-state index contributed by atoms with van der Waals surface area (Å²) in [5.74, 6) is 4.57. The van der Waals surface area contributed by atoms with Gasteiger partial charge in [-0.25, -0.2) is 9.67 Å². The maximum atomic E-state index is 6.83. The van der Waals surface area contributed by atoms with Gasteiger partial charge in [-0.05, 0) is 116 Å². The molecule has 5 nitrogen and oxygen atoms in total. The van der Waals surface area contributed by atoms with Crippen LogP contribution in [0.5, 0.6) is 11.5 Å². The van der Waals surface area contributed by atoms with E-state index in [2.05, 4.69) is 171 Å². The molecule has 3 aromatic heterocycles. The van der Waals surface area contributed by atoms with Crippen LogP contribution >= 0.6 is 0 Å². The van der Waals surface area contributed by atoms with Gasteiger partial charge in [0.2, 0.25) is 0 Å². The van der Waals surface area contributed by atoms with Gasteiger partial charge in [-0.1, -0.05) is 92.2 Å². The Morgan fingerprint density at radius 1 is 0.830 bits per heavy atom. The smallest absolute Gasteiger partial charge is 0.137 e. The first-order valence-electron chi connectivity index (χ1n) is 19.6. The SMILES string of the molecule is CC1=C[C@H](C(C)(C)C)C[C@H](C)[C@H]1c1c(C)nn(-c2cc(Oc3ccc4c5ccccc5n(-c5cc(CC(C)C)ccn5)c4c3)cc(C(C)(C)C)c2)c1C.